The molecule has 0 unspecified atom stereocenters. The molecule has 2 aliphatic heterocycles. The summed E-state index contributed by atoms with van der Waals surface area (Å²) in [6.45, 7) is 14.8. The molecular weight excluding hydrogens is 1790 g/mol. The van der Waals surface area contributed by atoms with Crippen molar-refractivity contribution in [2.24, 2.45) is 40.9 Å². The van der Waals surface area contributed by atoms with E-state index in [2.05, 4.69) is 90.4 Å². The van der Waals surface area contributed by atoms with E-state index in [9.17, 15) is 146 Å². The minimum absolute atomic E-state index is 0.0233. The average Bonchev–Trinajstić information content (AvgIpc) is 1.66. The van der Waals surface area contributed by atoms with Gasteiger partial charge in [-0.3, -0.25) is 105 Å². The van der Waals surface area contributed by atoms with Crippen LogP contribution in [0.15, 0.2) is 0 Å². The normalized spacial score (nSPS) is 17.8. The maximum Gasteiger partial charge on any atom is 0.328 e. The molecule has 2 saturated heterocycles. The molecule has 0 radical (unpaired) electrons. The van der Waals surface area contributed by atoms with E-state index in [0.717, 1.165) is 37.5 Å². The summed E-state index contributed by atoms with van der Waals surface area (Å²) in [5, 5.41) is 111. The van der Waals surface area contributed by atoms with Crippen molar-refractivity contribution >= 4 is 148 Å². The van der Waals surface area contributed by atoms with E-state index in [-0.39, 0.29) is 63.8 Å². The Hall–Kier alpha value is -12.1. The van der Waals surface area contributed by atoms with Gasteiger partial charge in [-0.15, -0.1) is 0 Å². The van der Waals surface area contributed by atoms with Gasteiger partial charge in [-0.1, -0.05) is 55.4 Å². The number of aliphatic hydroxyl groups is 5. The van der Waals surface area contributed by atoms with E-state index in [0.29, 0.717) is 0 Å². The Bertz CT molecular complexity index is 4160. The van der Waals surface area contributed by atoms with Crippen molar-refractivity contribution in [1.29, 1.82) is 0 Å². The molecule has 134 heavy (non-hydrogen) atoms. The molecule has 2 heterocycles. The lowest BCUT2D eigenvalue weighted by Crippen LogP contribution is -2.62. The summed E-state index contributed by atoms with van der Waals surface area (Å²) in [5.41, 5.74) is 16.4. The lowest BCUT2D eigenvalue weighted by atomic mass is 10.0. The van der Waals surface area contributed by atoms with Crippen LogP contribution in [0.1, 0.15) is 168 Å². The third kappa shape index (κ3) is 38.9. The third-order valence-corrected chi connectivity index (χ3v) is 22.0. The predicted octanol–water partition coefficient (Wildman–Crippen LogP) is -12.2. The Morgan fingerprint density at radius 1 is 0.343 bits per heavy atom. The maximum absolute atomic E-state index is 14.4. The first-order valence-electron chi connectivity index (χ1n) is 43.7. The molecule has 0 bridgehead atoms. The van der Waals surface area contributed by atoms with Gasteiger partial charge in [0.15, 0.2) is 6.04 Å². The molecule has 756 valence electrons. The summed E-state index contributed by atoms with van der Waals surface area (Å²) in [5.74, 6) is -26.7. The second-order valence-corrected chi connectivity index (χ2v) is 35.1. The van der Waals surface area contributed by atoms with Crippen LogP contribution in [-0.4, -0.2) is 360 Å². The zero-order valence-corrected chi connectivity index (χ0v) is 78.5. The number of likely N-dealkylation sites (tertiary alicyclic amines) is 2. The van der Waals surface area contributed by atoms with Crippen LogP contribution < -0.4 is 108 Å². The lowest BCUT2D eigenvalue weighted by molar-refractivity contribution is -0.145. The standard InChI is InChI=1S/C81H136N22O30S/c1-34(2)57(74(125)86-30-54(111)85-31-55(112)95-61(41(12)106)78(129)99-60(37(7)8)77(128)101-63(43(14)108)81(132)133)98-73(124)51-19-16-27-102(51)79(130)47(22-25-56(113)114)92-70(121)48(32-104)94-76(127)59(36(5)6)97-71(122)49(33-105)93-66(117)40(11)88-72(123)50-18-17-28-103(50)80(131)62(42(13)107)100-69(120)45(21-24-53(84)110)90-65(116)39(10)87-67(118)46(26-29-134-15)91-75(126)58(35(3)4)96-68(119)44(20-23-52(83)109)89-64(115)38(9)82/h34-51,57-63,104-108H,16-33,82H2,1-15H3,(H2,83,109)(H2,84,110)(H,85,111)(H,86,125)(H,87,118)(H,88,123)(H,89,115)(H,90,116)(H,91,126)(H,92,121)(H,93,117)(H,94,127)(H,95,112)(H,96,119)(H,97,122)(H,98,124)(H,99,129)(H,100,120)(H,101,128)(H,113,114)(H,132,133)/t38-,39-,40-,41+,42+,43+,44-,45-,46-,47-,48-,49-,50-,51-,57-,58-,59-,60-,61-,62-,63-/m0/s1. The number of aliphatic hydroxyl groups excluding tert-OH is 5. The van der Waals surface area contributed by atoms with E-state index in [1.54, 1.807) is 20.1 Å². The molecule has 21 atom stereocenters. The van der Waals surface area contributed by atoms with Crippen LogP contribution in [0.4, 0.5) is 0 Å². The van der Waals surface area contributed by atoms with Gasteiger partial charge in [0, 0.05) is 32.4 Å². The van der Waals surface area contributed by atoms with E-state index in [1.807, 2.05) is 0 Å². The van der Waals surface area contributed by atoms with Crippen LogP contribution in [-0.2, 0) is 110 Å². The van der Waals surface area contributed by atoms with Gasteiger partial charge < -0.3 is 153 Å². The van der Waals surface area contributed by atoms with Crippen molar-refractivity contribution in [3.05, 3.63) is 0 Å². The average molecular weight is 1930 g/mol. The molecule has 0 aliphatic carbocycles. The molecule has 0 spiro atoms. The summed E-state index contributed by atoms with van der Waals surface area (Å²) in [6.07, 6.45) is -5.94. The molecule has 2 aliphatic rings. The first kappa shape index (κ1) is 118. The summed E-state index contributed by atoms with van der Waals surface area (Å²) in [7, 11) is 0. The number of carboxylic acid groups (broad SMARTS) is 2. The monoisotopic (exact) mass is 1930 g/mol. The molecule has 52 nitrogen and oxygen atoms in total. The van der Waals surface area contributed by atoms with Crippen LogP contribution in [0.3, 0.4) is 0 Å². The van der Waals surface area contributed by atoms with Crippen molar-refractivity contribution in [2.75, 3.05) is 51.4 Å². The third-order valence-electron chi connectivity index (χ3n) is 21.4. The molecule has 0 aromatic heterocycles. The summed E-state index contributed by atoms with van der Waals surface area (Å²) >= 11 is 1.29. The topological polar surface area (TPSA) is 823 Å². The highest BCUT2D eigenvalue weighted by Gasteiger charge is 2.45. The van der Waals surface area contributed by atoms with Crippen LogP contribution in [0.5, 0.6) is 0 Å². The number of hydrogen-bond acceptors (Lipinski definition) is 30. The second-order valence-electron chi connectivity index (χ2n) is 34.1. The van der Waals surface area contributed by atoms with E-state index >= 15 is 0 Å². The number of thioether (sulfide) groups is 1. The minimum atomic E-state index is -1.95. The summed E-state index contributed by atoms with van der Waals surface area (Å²) in [4.78, 5) is 309. The highest BCUT2D eigenvalue weighted by molar-refractivity contribution is 7.98. The fourth-order valence-electron chi connectivity index (χ4n) is 13.5. The van der Waals surface area contributed by atoms with Gasteiger partial charge >= 0.3 is 11.9 Å². The number of nitrogens with one attached hydrogen (secondary N) is 17. The largest absolute Gasteiger partial charge is 0.481 e. The van der Waals surface area contributed by atoms with Crippen molar-refractivity contribution in [1.82, 2.24) is 100 Å². The number of rotatable bonds is 58. The van der Waals surface area contributed by atoms with Gasteiger partial charge in [0.05, 0.1) is 50.7 Å². The number of carboxylic acids is 2. The van der Waals surface area contributed by atoms with E-state index < -0.39 is 339 Å². The van der Waals surface area contributed by atoms with Crippen LogP contribution in [0.25, 0.3) is 0 Å². The van der Waals surface area contributed by atoms with E-state index in [4.69, 9.17) is 17.2 Å². The van der Waals surface area contributed by atoms with Gasteiger partial charge in [0.2, 0.25) is 124 Å². The fourth-order valence-corrected chi connectivity index (χ4v) is 14.0. The molecule has 30 N–H and O–H groups in total. The van der Waals surface area contributed by atoms with Gasteiger partial charge in [0.1, 0.15) is 96.7 Å². The fraction of sp³-hybridized carbons (Fsp3) is 0.716. The van der Waals surface area contributed by atoms with Gasteiger partial charge in [-0.25, -0.2) is 4.79 Å². The van der Waals surface area contributed by atoms with Crippen LogP contribution in [0.2, 0.25) is 0 Å². The zero-order valence-electron chi connectivity index (χ0n) is 77.7. The first-order chi connectivity index (χ1) is 62.5. The van der Waals surface area contributed by atoms with Crippen LogP contribution >= 0.6 is 11.8 Å². The smallest absolute Gasteiger partial charge is 0.328 e. The van der Waals surface area contributed by atoms with Crippen molar-refractivity contribution < 1.29 is 146 Å². The maximum atomic E-state index is 14.4. The number of nitrogens with zero attached hydrogens (tertiary/aromatic N) is 2. The highest BCUT2D eigenvalue weighted by atomic mass is 32.2. The van der Waals surface area contributed by atoms with Gasteiger partial charge in [-0.2, -0.15) is 11.8 Å². The Kier molecular flexibility index (Phi) is 50.6. The number of amides is 21. The predicted molar refractivity (Wildman–Crippen MR) is 472 cm³/mol. The van der Waals surface area contributed by atoms with Crippen molar-refractivity contribution in [3.63, 3.8) is 0 Å². The van der Waals surface area contributed by atoms with Crippen molar-refractivity contribution in [2.45, 2.75) is 295 Å². The molecule has 2 fully saturated rings. The minimum Gasteiger partial charge on any atom is -0.481 e. The summed E-state index contributed by atoms with van der Waals surface area (Å²) < 4.78 is 0. The van der Waals surface area contributed by atoms with Gasteiger partial charge in [0.25, 0.3) is 0 Å². The Morgan fingerprint density at radius 2 is 0.679 bits per heavy atom. The Morgan fingerprint density at radius 3 is 1.10 bits per heavy atom. The van der Waals surface area contributed by atoms with E-state index in [1.165, 1.54) is 67.2 Å². The number of nitrogens with two attached hydrogens (primary N) is 3. The molecule has 0 saturated carbocycles. The quantitative estimate of drug-likeness (QED) is 0.0269. The second kappa shape index (κ2) is 57.5. The highest BCUT2D eigenvalue weighted by Crippen LogP contribution is 2.23. The number of carbonyl (C=O) groups excluding carboxylic acids is 21. The zero-order chi connectivity index (χ0) is 102. The van der Waals surface area contributed by atoms with Crippen LogP contribution in [0, 0.1) is 23.7 Å². The Balaban J connectivity index is 2.21. The number of primary amides is 2. The summed E-state index contributed by atoms with van der Waals surface area (Å²) in [6, 6.07) is -28.0. The molecule has 53 heteroatoms. The molecule has 0 aromatic rings. The number of hydrogen-bond donors (Lipinski definition) is 27. The number of aliphatic carboxylic acids is 2. The number of carbonyl (C=O) groups is 23. The molecule has 0 aromatic carbocycles. The molecule has 2 rings (SSSR count). The van der Waals surface area contributed by atoms with Gasteiger partial charge in [-0.05, 0) is 129 Å². The SMILES string of the molecule is CSCC[C@H](NC(=O)[C@@H](NC(=O)[C@H](CCC(N)=O)NC(=O)[C@H](C)N)C(C)C)C(=O)N[C@@H](C)C(=O)N[C@@H](CCC(N)=O)C(=O)N[C@H](C(=O)N1CCC[C@H]1C(=O)N[C@@H](C)C(=O)N[C@@H](CO)C(=O)N[C@H](C(=O)N[C@@H](CO)C(=O)N[C@@H](CCC(=O)O)C(=O)N1CCC[C@H]1C(=O)N[C@H](C(=O)NCC(=O)NCC(=O)N[C@H](C(=O)N[C@H](C(=O)N[C@H](C(=O)O)[C@@H](C)O)C(C)C)[C@@H](C)O)C(C)C)C(C)C)[C@@H](C)O. The molecular formula is C81H136N22O30S. The lowest BCUT2D eigenvalue weighted by Gasteiger charge is -2.31. The first-order valence-corrected chi connectivity index (χ1v) is 45.1. The Labute approximate surface area is 777 Å². The van der Waals surface area contributed by atoms with Crippen molar-refractivity contribution in [3.8, 4) is 0 Å². The molecule has 21 amide bonds.